The molecule has 2 spiro atoms. The number of Topliss-reactive ketones (excluding diaryl/α,β-unsaturated/α-hetero) is 1. The molecule has 4 aliphatic heterocycles. The average Bonchev–Trinajstić information content (AvgIpc) is 4.17. The van der Waals surface area contributed by atoms with E-state index < -0.39 is 76.8 Å². The summed E-state index contributed by atoms with van der Waals surface area (Å²) in [7, 11) is 0. The van der Waals surface area contributed by atoms with Gasteiger partial charge in [0, 0.05) is 42.7 Å². The van der Waals surface area contributed by atoms with Crippen molar-refractivity contribution in [1.29, 1.82) is 0 Å². The first kappa shape index (κ1) is 41.0. The molecule has 6 heterocycles. The van der Waals surface area contributed by atoms with Gasteiger partial charge < -0.3 is 34.3 Å². The number of halogens is 2. The fourth-order valence-corrected chi connectivity index (χ4v) is 17.1. The molecule has 2 aromatic heterocycles. The maximum absolute atomic E-state index is 16.1. The zero-order valence-corrected chi connectivity index (χ0v) is 37.9. The molecular weight excluding hydrogens is 891 g/mol. The minimum absolute atomic E-state index is 0.0160. The van der Waals surface area contributed by atoms with Gasteiger partial charge in [0.15, 0.2) is 46.5 Å². The number of piperidine rings is 2. The fraction of sp³-hybridized carbons (Fsp3) is 0.580. The number of fused-ring (bicyclic) bond motifs is 1. The Balaban J connectivity index is 0.695. The summed E-state index contributed by atoms with van der Waals surface area (Å²) < 4.78 is 56.8. The molecule has 16 heteroatoms. The molecule has 4 bridgehead atoms. The quantitative estimate of drug-likeness (QED) is 0.134. The Kier molecular flexibility index (Phi) is 8.58. The number of rotatable bonds is 10. The Morgan fingerprint density at radius 3 is 1.79 bits per heavy atom. The van der Waals surface area contributed by atoms with Crippen molar-refractivity contribution < 1.29 is 57.4 Å². The van der Waals surface area contributed by atoms with E-state index in [2.05, 4.69) is 9.80 Å². The molecule has 6 aliphatic carbocycles. The first-order valence-electron chi connectivity index (χ1n) is 23.9. The topological polar surface area (TPSA) is 155 Å². The van der Waals surface area contributed by atoms with Gasteiger partial charge in [0.2, 0.25) is 0 Å². The van der Waals surface area contributed by atoms with Crippen LogP contribution in [0.2, 0.25) is 0 Å². The van der Waals surface area contributed by atoms with Gasteiger partial charge in [-0.1, -0.05) is 12.1 Å². The highest BCUT2D eigenvalue weighted by atomic mass is 32.1. The molecule has 66 heavy (non-hydrogen) atoms. The van der Waals surface area contributed by atoms with Crippen LogP contribution >= 0.6 is 22.7 Å². The van der Waals surface area contributed by atoms with Crippen molar-refractivity contribution >= 4 is 49.8 Å². The molecule has 0 radical (unpaired) electrons. The first-order chi connectivity index (χ1) is 31.8. The number of thiophene rings is 2. The van der Waals surface area contributed by atoms with E-state index in [4.69, 9.17) is 18.9 Å². The van der Waals surface area contributed by atoms with Gasteiger partial charge in [-0.2, -0.15) is 0 Å². The fourth-order valence-electron chi connectivity index (χ4n) is 14.6. The van der Waals surface area contributed by atoms with Crippen LogP contribution in [0.4, 0.5) is 8.78 Å². The smallest absolute Gasteiger partial charge is 0.316 e. The lowest BCUT2D eigenvalue weighted by molar-refractivity contribution is -0.208. The monoisotopic (exact) mass is 940 g/mol. The summed E-state index contributed by atoms with van der Waals surface area (Å²) in [5.41, 5.74) is -0.550. The molecule has 2 aromatic carbocycles. The number of aliphatic hydroxyl groups excluding tert-OH is 1. The second-order valence-corrected chi connectivity index (χ2v) is 23.4. The van der Waals surface area contributed by atoms with Crippen LogP contribution in [-0.4, -0.2) is 111 Å². The van der Waals surface area contributed by atoms with Gasteiger partial charge in [-0.25, -0.2) is 8.78 Å². The van der Waals surface area contributed by atoms with Gasteiger partial charge >= 0.3 is 11.9 Å². The summed E-state index contributed by atoms with van der Waals surface area (Å²) >= 11 is 1.58. The van der Waals surface area contributed by atoms with Crippen molar-refractivity contribution in [3.8, 4) is 23.0 Å². The third-order valence-corrected chi connectivity index (χ3v) is 20.3. The van der Waals surface area contributed by atoms with E-state index in [1.807, 2.05) is 12.1 Å². The molecule has 2 saturated heterocycles. The van der Waals surface area contributed by atoms with Gasteiger partial charge in [-0.05, 0) is 119 Å². The standard InChI is InChI=1S/C50H50F2N2O10S2/c51-39-31(19-35(57)61-29-7-5-25-17-33-49(59)11-9-27(55)45-47(49,37(25)41(29)63-45)13-15-53(33)21-23-1-2-23)65-44-40(52)32(66-43(39)44)20-36(58)62-30-8-6-26-18-34-50(60)12-10-28(56)46-48(50,38(26)42(30)64-46)14-16-54(34)22-24-3-4-24/h5-8,23-24,27,33-34,45-46,55,59-60H,1-4,9-22H2/t27?,33-,34-,45+,46+,47+,48+,49-,50-/m1/s1. The number of hydrogen-bond acceptors (Lipinski definition) is 14. The molecular formula is C50H50F2N2O10S2. The summed E-state index contributed by atoms with van der Waals surface area (Å²) in [6.07, 6.45) is 5.18. The number of benzene rings is 2. The summed E-state index contributed by atoms with van der Waals surface area (Å²) in [6, 6.07) is 6.88. The van der Waals surface area contributed by atoms with E-state index in [9.17, 15) is 29.7 Å². The third kappa shape index (κ3) is 5.32. The average molecular weight is 941 g/mol. The number of carbonyl (C=O) groups excluding carboxylic acids is 3. The van der Waals surface area contributed by atoms with E-state index in [0.717, 1.165) is 71.1 Å². The molecule has 6 fully saturated rings. The van der Waals surface area contributed by atoms with E-state index in [1.165, 1.54) is 25.7 Å². The number of esters is 2. The van der Waals surface area contributed by atoms with Gasteiger partial charge in [-0.15, -0.1) is 22.7 Å². The van der Waals surface area contributed by atoms with E-state index in [1.54, 1.807) is 12.1 Å². The summed E-state index contributed by atoms with van der Waals surface area (Å²) in [5.74, 6) is -0.998. The highest BCUT2D eigenvalue weighted by Gasteiger charge is 2.75. The molecule has 0 amide bonds. The number of carbonyl (C=O) groups is 3. The Bertz CT molecular complexity index is 2840. The summed E-state index contributed by atoms with van der Waals surface area (Å²) in [6.45, 7) is 3.39. The van der Waals surface area contributed by atoms with Gasteiger partial charge in [0.25, 0.3) is 0 Å². The van der Waals surface area contributed by atoms with E-state index in [-0.39, 0.29) is 60.7 Å². The minimum atomic E-state index is -1.18. The molecule has 346 valence electrons. The minimum Gasteiger partial charge on any atom is -0.482 e. The van der Waals surface area contributed by atoms with Crippen molar-refractivity contribution in [2.75, 3.05) is 26.2 Å². The lowest BCUT2D eigenvalue weighted by Crippen LogP contribution is -2.77. The van der Waals surface area contributed by atoms with Crippen molar-refractivity contribution in [3.05, 3.63) is 67.9 Å². The Hall–Kier alpha value is -4.03. The molecule has 1 unspecified atom stereocenters. The first-order valence-corrected chi connectivity index (χ1v) is 25.5. The Morgan fingerprint density at radius 1 is 0.712 bits per heavy atom. The second kappa shape index (κ2) is 13.8. The molecule has 12 nitrogen and oxygen atoms in total. The molecule has 4 aromatic rings. The lowest BCUT2D eigenvalue weighted by atomic mass is 9.48. The van der Waals surface area contributed by atoms with Crippen LogP contribution in [0.15, 0.2) is 24.3 Å². The third-order valence-electron chi connectivity index (χ3n) is 17.9. The zero-order valence-electron chi connectivity index (χ0n) is 36.2. The summed E-state index contributed by atoms with van der Waals surface area (Å²) in [4.78, 5) is 45.5. The molecule has 3 N–H and O–H groups in total. The molecule has 9 atom stereocenters. The van der Waals surface area contributed by atoms with Crippen LogP contribution in [0.1, 0.15) is 96.2 Å². The number of ether oxygens (including phenoxy) is 4. The lowest BCUT2D eigenvalue weighted by Gasteiger charge is -2.63. The van der Waals surface area contributed by atoms with Gasteiger partial charge in [0.05, 0.1) is 60.1 Å². The van der Waals surface area contributed by atoms with Crippen LogP contribution < -0.4 is 18.9 Å². The van der Waals surface area contributed by atoms with E-state index >= 15 is 8.78 Å². The van der Waals surface area contributed by atoms with Crippen LogP contribution in [0.5, 0.6) is 23.0 Å². The normalized spacial score (nSPS) is 35.6. The summed E-state index contributed by atoms with van der Waals surface area (Å²) in [5, 5.41) is 36.5. The van der Waals surface area contributed by atoms with Crippen LogP contribution in [0.3, 0.4) is 0 Å². The van der Waals surface area contributed by atoms with Gasteiger partial charge in [-0.3, -0.25) is 24.2 Å². The number of ketones is 1. The van der Waals surface area contributed by atoms with Crippen molar-refractivity contribution in [2.45, 2.75) is 142 Å². The number of aliphatic hydroxyl groups is 3. The Labute approximate surface area is 386 Å². The Morgan fingerprint density at radius 2 is 1.23 bits per heavy atom. The highest BCUT2D eigenvalue weighted by Crippen LogP contribution is 2.67. The predicted octanol–water partition coefficient (Wildman–Crippen LogP) is 5.60. The maximum Gasteiger partial charge on any atom is 0.316 e. The largest absolute Gasteiger partial charge is 0.482 e. The van der Waals surface area contributed by atoms with Crippen LogP contribution in [-0.2, 0) is 50.9 Å². The second-order valence-electron chi connectivity index (χ2n) is 21.2. The molecule has 4 saturated carbocycles. The molecule has 10 aliphatic rings. The number of nitrogens with zero attached hydrogens (tertiary/aromatic N) is 2. The van der Waals surface area contributed by atoms with Crippen molar-refractivity contribution in [1.82, 2.24) is 9.80 Å². The van der Waals surface area contributed by atoms with Crippen LogP contribution in [0, 0.1) is 23.5 Å². The SMILES string of the molecule is O=C(Cc1sc2c(F)c(CC(=O)Oc3ccc4c5c3O[C@H]3C(O)CC[C@@]6(O)[C@@H](C4)N(CC4CC4)CC[C@]536)sc2c1F)Oc1ccc2c3c1O[C@H]1C(=O)CC[C@@]4(O)[C@@H](C2)N(CC2CC2)CC[C@]314. The van der Waals surface area contributed by atoms with Crippen LogP contribution in [0.25, 0.3) is 9.40 Å². The molecule has 14 rings (SSSR count). The number of hydrogen-bond donors (Lipinski definition) is 3. The van der Waals surface area contributed by atoms with E-state index in [0.29, 0.717) is 62.5 Å². The van der Waals surface area contributed by atoms with Crippen molar-refractivity contribution in [2.24, 2.45) is 11.8 Å². The predicted molar refractivity (Wildman–Crippen MR) is 236 cm³/mol. The van der Waals surface area contributed by atoms with Crippen molar-refractivity contribution in [3.63, 3.8) is 0 Å². The zero-order chi connectivity index (χ0) is 44.8. The maximum atomic E-state index is 16.1. The number of likely N-dealkylation sites (tertiary alicyclic amines) is 2. The highest BCUT2D eigenvalue weighted by molar-refractivity contribution is 7.28. The van der Waals surface area contributed by atoms with Gasteiger partial charge in [0.1, 0.15) is 6.10 Å².